The summed E-state index contributed by atoms with van der Waals surface area (Å²) in [5.74, 6) is -1.20. The summed E-state index contributed by atoms with van der Waals surface area (Å²) >= 11 is 1.21. The van der Waals surface area contributed by atoms with Crippen LogP contribution in [0.4, 0.5) is 9.80 Å². The lowest BCUT2D eigenvalue weighted by atomic mass is 10.0. The lowest BCUT2D eigenvalue weighted by Gasteiger charge is -2.15. The Bertz CT molecular complexity index is 937. The van der Waals surface area contributed by atoms with Crippen molar-refractivity contribution in [2.45, 2.75) is 54.0 Å². The molecule has 0 aliphatic carbocycles. The quantitative estimate of drug-likeness (QED) is 0.312. The van der Waals surface area contributed by atoms with Crippen LogP contribution < -0.4 is 22.1 Å². The zero-order valence-corrected chi connectivity index (χ0v) is 21.7. The second-order valence-corrected chi connectivity index (χ2v) is 8.21. The molecular weight excluding hydrogens is 452 g/mol. The van der Waals surface area contributed by atoms with Crippen LogP contribution in [-0.4, -0.2) is 35.6 Å². The van der Waals surface area contributed by atoms with Gasteiger partial charge in [0.1, 0.15) is 11.0 Å². The molecule has 9 heteroatoms. The highest BCUT2D eigenvalue weighted by Crippen LogP contribution is 2.35. The second-order valence-electron chi connectivity index (χ2n) is 7.16. The molecule has 0 saturated carbocycles. The third-order valence-corrected chi connectivity index (χ3v) is 5.33. The summed E-state index contributed by atoms with van der Waals surface area (Å²) in [7, 11) is 0. The molecule has 1 atom stereocenters. The molecule has 0 bridgehead atoms. The van der Waals surface area contributed by atoms with E-state index in [2.05, 4.69) is 10.6 Å². The molecule has 1 aromatic carbocycles. The molecule has 2 rings (SSSR count). The number of carbonyl (C=O) groups excluding carboxylic acids is 2. The molecule has 7 N–H and O–H groups in total. The maximum atomic E-state index is 11.6. The number of hydrogen-bond acceptors (Lipinski definition) is 5. The molecule has 3 amide bonds. The summed E-state index contributed by atoms with van der Waals surface area (Å²) in [6.07, 6.45) is 4.34. The van der Waals surface area contributed by atoms with Crippen molar-refractivity contribution in [2.24, 2.45) is 17.4 Å². The molecule has 0 spiro atoms. The fraction of sp³-hybridized carbons (Fsp3) is 0.400. The van der Waals surface area contributed by atoms with E-state index in [-0.39, 0.29) is 5.56 Å². The van der Waals surface area contributed by atoms with Crippen LogP contribution in [0.2, 0.25) is 0 Å². The van der Waals surface area contributed by atoms with Crippen LogP contribution in [0, 0.1) is 5.92 Å². The number of hydrogen-bond donors (Lipinski definition) is 5. The predicted octanol–water partition coefficient (Wildman–Crippen LogP) is 5.16. The number of carboxylic acid groups (broad SMARTS) is 1. The number of anilines is 1. The topological polar surface area (TPSA) is 148 Å². The number of nitrogens with one attached hydrogen (secondary N) is 2. The largest absolute Gasteiger partial charge is 0.480 e. The molecule has 1 heterocycles. The van der Waals surface area contributed by atoms with Crippen molar-refractivity contribution in [1.82, 2.24) is 5.32 Å². The Labute approximate surface area is 206 Å². The fourth-order valence-electron chi connectivity index (χ4n) is 2.83. The van der Waals surface area contributed by atoms with Crippen LogP contribution in [0.25, 0.3) is 16.5 Å². The van der Waals surface area contributed by atoms with Gasteiger partial charge in [-0.25, -0.2) is 4.79 Å². The van der Waals surface area contributed by atoms with Gasteiger partial charge in [-0.3, -0.25) is 14.9 Å². The summed E-state index contributed by atoms with van der Waals surface area (Å²) in [6, 6.07) is 7.86. The summed E-state index contributed by atoms with van der Waals surface area (Å²) in [5, 5.41) is 15.0. The highest BCUT2D eigenvalue weighted by Gasteiger charge is 2.17. The molecule has 0 unspecified atom stereocenters. The number of rotatable bonds is 10. The van der Waals surface area contributed by atoms with Gasteiger partial charge in [0.25, 0.3) is 5.91 Å². The number of carbonyl (C=O) groups is 3. The Balaban J connectivity index is 0.00000258. The van der Waals surface area contributed by atoms with Gasteiger partial charge in [-0.05, 0) is 29.5 Å². The zero-order valence-electron chi connectivity index (χ0n) is 20.8. The molecule has 34 heavy (non-hydrogen) atoms. The summed E-state index contributed by atoms with van der Waals surface area (Å²) < 4.78 is 0. The zero-order chi connectivity index (χ0) is 26.3. The maximum Gasteiger partial charge on any atom is 0.320 e. The molecule has 2 aromatic rings. The minimum absolute atomic E-state index is 0.207. The van der Waals surface area contributed by atoms with Gasteiger partial charge in [-0.2, -0.15) is 0 Å². The Morgan fingerprint density at radius 3 is 2.12 bits per heavy atom. The number of benzene rings is 1. The summed E-state index contributed by atoms with van der Waals surface area (Å²) in [4.78, 5) is 34.7. The van der Waals surface area contributed by atoms with E-state index in [1.165, 1.54) is 11.3 Å². The summed E-state index contributed by atoms with van der Waals surface area (Å²) in [5.41, 5.74) is 12.5. The Hall–Kier alpha value is -3.17. The van der Waals surface area contributed by atoms with E-state index in [9.17, 15) is 19.5 Å². The van der Waals surface area contributed by atoms with Crippen LogP contribution in [0.5, 0.6) is 0 Å². The van der Waals surface area contributed by atoms with Gasteiger partial charge in [-0.15, -0.1) is 11.3 Å². The van der Waals surface area contributed by atoms with E-state index in [4.69, 9.17) is 11.5 Å². The second kappa shape index (κ2) is 16.4. The first-order chi connectivity index (χ1) is 16.2. The van der Waals surface area contributed by atoms with Gasteiger partial charge in [-0.1, -0.05) is 78.0 Å². The number of carboxylic acids is 1. The van der Waals surface area contributed by atoms with Crippen molar-refractivity contribution in [1.29, 1.82) is 0 Å². The van der Waals surface area contributed by atoms with E-state index >= 15 is 0 Å². The monoisotopic (exact) mass is 490 g/mol. The lowest BCUT2D eigenvalue weighted by Crippen LogP contribution is -2.37. The molecule has 0 fully saturated rings. The van der Waals surface area contributed by atoms with Crippen LogP contribution in [-0.2, 0) is 4.79 Å². The smallest absolute Gasteiger partial charge is 0.320 e. The Morgan fingerprint density at radius 1 is 1.06 bits per heavy atom. The number of aliphatic carboxylic acids is 1. The molecule has 0 aliphatic rings. The van der Waals surface area contributed by atoms with Crippen molar-refractivity contribution < 1.29 is 19.5 Å². The first-order valence-corrected chi connectivity index (χ1v) is 12.2. The Morgan fingerprint density at radius 2 is 1.65 bits per heavy atom. The van der Waals surface area contributed by atoms with Crippen molar-refractivity contribution in [3.05, 3.63) is 47.5 Å². The van der Waals surface area contributed by atoms with Crippen molar-refractivity contribution in [3.63, 3.8) is 0 Å². The van der Waals surface area contributed by atoms with Gasteiger partial charge >= 0.3 is 12.0 Å². The predicted molar refractivity (Wildman–Crippen MR) is 142 cm³/mol. The fourth-order valence-corrected chi connectivity index (χ4v) is 3.90. The van der Waals surface area contributed by atoms with Crippen LogP contribution >= 0.6 is 11.3 Å². The number of urea groups is 1. The molecule has 8 nitrogen and oxygen atoms in total. The normalized spacial score (nSPS) is 11.1. The highest BCUT2D eigenvalue weighted by atomic mass is 32.1. The van der Waals surface area contributed by atoms with Crippen molar-refractivity contribution in [2.75, 3.05) is 11.9 Å². The molecule has 0 aliphatic heterocycles. The van der Waals surface area contributed by atoms with Gasteiger partial charge < -0.3 is 21.9 Å². The first kappa shape index (κ1) is 30.8. The van der Waals surface area contributed by atoms with Gasteiger partial charge in [0.2, 0.25) is 0 Å². The van der Waals surface area contributed by atoms with Crippen LogP contribution in [0.15, 0.2) is 36.4 Å². The average Bonchev–Trinajstić information content (AvgIpc) is 3.22. The standard InChI is InChI=1S/C21H26N4O4S.2C2H6/c1-12(2)10-16(20(27)28)24-9-3-4-13-5-7-14(8-6-13)17-11-15(18(22)26)19(30-17)25-21(23)29;2*1-2/h3-8,11-12,16,24H,9-10H2,1-2H3,(H2,22,26)(H,27,28)(H3,23,25,29);2*1-2H3/b4-3+;;/t16-;;/m0../s1. The third-order valence-electron chi connectivity index (χ3n) is 4.23. The SMILES string of the molecule is CC.CC.CC(C)C[C@H](NC/C=C/c1ccc(-c2cc(C(N)=O)c(NC(N)=O)s2)cc1)C(=O)O. The lowest BCUT2D eigenvalue weighted by molar-refractivity contribution is -0.139. The van der Waals surface area contributed by atoms with Crippen LogP contribution in [0.1, 0.15) is 63.9 Å². The number of primary amides is 2. The molecule has 188 valence electrons. The average molecular weight is 491 g/mol. The van der Waals surface area contributed by atoms with Gasteiger partial charge in [0.15, 0.2) is 0 Å². The molecule has 0 radical (unpaired) electrons. The van der Waals surface area contributed by atoms with E-state index in [1.807, 2.05) is 78.0 Å². The highest BCUT2D eigenvalue weighted by molar-refractivity contribution is 7.20. The van der Waals surface area contributed by atoms with E-state index < -0.39 is 23.9 Å². The Kier molecular flexibility index (Phi) is 14.9. The van der Waals surface area contributed by atoms with Gasteiger partial charge in [0, 0.05) is 11.4 Å². The van der Waals surface area contributed by atoms with E-state index in [0.717, 1.165) is 16.0 Å². The van der Waals surface area contributed by atoms with Crippen molar-refractivity contribution >= 4 is 40.3 Å². The first-order valence-electron chi connectivity index (χ1n) is 11.4. The number of amides is 3. The number of nitrogens with two attached hydrogens (primary N) is 2. The van der Waals surface area contributed by atoms with Crippen molar-refractivity contribution in [3.8, 4) is 10.4 Å². The van der Waals surface area contributed by atoms with E-state index in [0.29, 0.717) is 23.9 Å². The molecule has 1 aromatic heterocycles. The van der Waals surface area contributed by atoms with Gasteiger partial charge in [0.05, 0.1) is 5.56 Å². The van der Waals surface area contributed by atoms with E-state index in [1.54, 1.807) is 6.07 Å². The number of thiophene rings is 1. The minimum Gasteiger partial charge on any atom is -0.480 e. The maximum absolute atomic E-state index is 11.6. The van der Waals surface area contributed by atoms with Crippen LogP contribution in [0.3, 0.4) is 0 Å². The molecule has 0 saturated heterocycles. The minimum atomic E-state index is -0.849. The molecular formula is C25H38N4O4S. The summed E-state index contributed by atoms with van der Waals surface area (Å²) in [6.45, 7) is 12.4. The third kappa shape index (κ3) is 10.6.